The quantitative estimate of drug-likeness (QED) is 0.728. The molecule has 0 saturated heterocycles. The van der Waals surface area contributed by atoms with E-state index in [0.717, 1.165) is 35.6 Å². The predicted octanol–water partition coefficient (Wildman–Crippen LogP) is 3.29. The molecule has 2 rings (SSSR count). The molecule has 0 atom stereocenters. The minimum Gasteiger partial charge on any atom is -0.493 e. The third-order valence-corrected chi connectivity index (χ3v) is 3.21. The molecule has 3 heteroatoms. The lowest BCUT2D eigenvalue weighted by Crippen LogP contribution is -2.16. The molecule has 0 spiro atoms. The maximum Gasteiger partial charge on any atom is 0.165 e. The van der Waals surface area contributed by atoms with Gasteiger partial charge in [0.1, 0.15) is 0 Å². The van der Waals surface area contributed by atoms with Crippen molar-refractivity contribution in [3.05, 3.63) is 35.9 Å². The Kier molecular flexibility index (Phi) is 4.86. The summed E-state index contributed by atoms with van der Waals surface area (Å²) in [4.78, 5) is 0. The van der Waals surface area contributed by atoms with Crippen molar-refractivity contribution in [1.82, 2.24) is 5.32 Å². The van der Waals surface area contributed by atoms with Crippen LogP contribution >= 0.6 is 0 Å². The van der Waals surface area contributed by atoms with Gasteiger partial charge in [-0.2, -0.15) is 0 Å². The molecular formula is C16H23NO2. The highest BCUT2D eigenvalue weighted by molar-refractivity contribution is 5.46. The molecule has 1 N–H and O–H groups in total. The van der Waals surface area contributed by atoms with Crippen molar-refractivity contribution in [2.24, 2.45) is 0 Å². The Labute approximate surface area is 115 Å². The first kappa shape index (κ1) is 13.9. The van der Waals surface area contributed by atoms with E-state index in [-0.39, 0.29) is 0 Å². The number of rotatable bonds is 8. The topological polar surface area (TPSA) is 30.5 Å². The van der Waals surface area contributed by atoms with E-state index in [2.05, 4.69) is 18.0 Å². The molecule has 1 aromatic carbocycles. The van der Waals surface area contributed by atoms with Crippen LogP contribution in [0.2, 0.25) is 0 Å². The summed E-state index contributed by atoms with van der Waals surface area (Å²) < 4.78 is 11.3. The van der Waals surface area contributed by atoms with Gasteiger partial charge in [-0.05, 0) is 25.8 Å². The lowest BCUT2D eigenvalue weighted by Gasteiger charge is -2.15. The van der Waals surface area contributed by atoms with Gasteiger partial charge in [0.2, 0.25) is 0 Å². The van der Waals surface area contributed by atoms with E-state index in [0.29, 0.717) is 12.6 Å². The van der Waals surface area contributed by atoms with E-state index >= 15 is 0 Å². The molecular weight excluding hydrogens is 238 g/mol. The molecule has 1 fully saturated rings. The van der Waals surface area contributed by atoms with Gasteiger partial charge in [-0.25, -0.2) is 0 Å². The molecule has 0 aromatic heterocycles. The smallest absolute Gasteiger partial charge is 0.165 e. The molecule has 1 aliphatic rings. The first-order valence-corrected chi connectivity index (χ1v) is 6.87. The summed E-state index contributed by atoms with van der Waals surface area (Å²) in [5.74, 6) is 1.66. The van der Waals surface area contributed by atoms with E-state index in [9.17, 15) is 0 Å². The zero-order valence-electron chi connectivity index (χ0n) is 11.9. The lowest BCUT2D eigenvalue weighted by molar-refractivity contribution is 0.293. The molecule has 0 radical (unpaired) electrons. The van der Waals surface area contributed by atoms with Gasteiger partial charge in [0, 0.05) is 24.6 Å². The van der Waals surface area contributed by atoms with Crippen molar-refractivity contribution >= 4 is 0 Å². The van der Waals surface area contributed by atoms with Crippen LogP contribution in [0.4, 0.5) is 0 Å². The van der Waals surface area contributed by atoms with Crippen LogP contribution in [0, 0.1) is 0 Å². The van der Waals surface area contributed by atoms with Crippen molar-refractivity contribution in [3.63, 3.8) is 0 Å². The molecule has 3 nitrogen and oxygen atoms in total. The summed E-state index contributed by atoms with van der Waals surface area (Å²) in [6.07, 6.45) is 3.44. The minimum atomic E-state index is 0.645. The Morgan fingerprint density at radius 3 is 2.84 bits per heavy atom. The fourth-order valence-corrected chi connectivity index (χ4v) is 1.89. The largest absolute Gasteiger partial charge is 0.493 e. The number of para-hydroxylation sites is 1. The lowest BCUT2D eigenvalue weighted by atomic mass is 10.1. The number of ether oxygens (including phenoxy) is 2. The summed E-state index contributed by atoms with van der Waals surface area (Å²) in [6.45, 7) is 7.39. The highest BCUT2D eigenvalue weighted by Gasteiger charge is 2.21. The highest BCUT2D eigenvalue weighted by atomic mass is 16.5. The Morgan fingerprint density at radius 1 is 1.42 bits per heavy atom. The maximum atomic E-state index is 5.90. The maximum absolute atomic E-state index is 5.90. The highest BCUT2D eigenvalue weighted by Crippen LogP contribution is 2.32. The van der Waals surface area contributed by atoms with Crippen molar-refractivity contribution in [1.29, 1.82) is 0 Å². The van der Waals surface area contributed by atoms with Crippen LogP contribution in [0.25, 0.3) is 0 Å². The SMILES string of the molecule is C=C(C)CCOc1c(CNC2CC2)cccc1OC. The molecule has 1 aromatic rings. The van der Waals surface area contributed by atoms with Gasteiger partial charge in [-0.15, -0.1) is 6.58 Å². The molecule has 1 aliphatic carbocycles. The third-order valence-electron chi connectivity index (χ3n) is 3.21. The number of hydrogen-bond acceptors (Lipinski definition) is 3. The van der Waals surface area contributed by atoms with Crippen LogP contribution in [0.3, 0.4) is 0 Å². The van der Waals surface area contributed by atoms with E-state index in [4.69, 9.17) is 9.47 Å². The monoisotopic (exact) mass is 261 g/mol. The number of hydrogen-bond donors (Lipinski definition) is 1. The second kappa shape index (κ2) is 6.62. The Balaban J connectivity index is 2.03. The van der Waals surface area contributed by atoms with Crippen LogP contribution in [-0.2, 0) is 6.54 Å². The summed E-state index contributed by atoms with van der Waals surface area (Å²) in [5.41, 5.74) is 2.29. The second-order valence-electron chi connectivity index (χ2n) is 5.16. The van der Waals surface area contributed by atoms with Gasteiger partial charge in [0.25, 0.3) is 0 Å². The van der Waals surface area contributed by atoms with Crippen molar-refractivity contribution in [3.8, 4) is 11.5 Å². The van der Waals surface area contributed by atoms with E-state index in [1.54, 1.807) is 7.11 Å². The summed E-state index contributed by atoms with van der Waals surface area (Å²) in [5, 5.41) is 3.51. The van der Waals surface area contributed by atoms with Gasteiger partial charge in [0.05, 0.1) is 13.7 Å². The van der Waals surface area contributed by atoms with E-state index in [1.165, 1.54) is 12.8 Å². The molecule has 0 amide bonds. The van der Waals surface area contributed by atoms with Crippen LogP contribution < -0.4 is 14.8 Å². The number of methoxy groups -OCH3 is 1. The van der Waals surface area contributed by atoms with E-state index in [1.807, 2.05) is 19.1 Å². The summed E-state index contributed by atoms with van der Waals surface area (Å²) in [6, 6.07) is 6.73. The molecule has 0 heterocycles. The van der Waals surface area contributed by atoms with Crippen molar-refractivity contribution in [2.75, 3.05) is 13.7 Å². The number of benzene rings is 1. The van der Waals surface area contributed by atoms with Gasteiger partial charge < -0.3 is 14.8 Å². The number of nitrogens with one attached hydrogen (secondary N) is 1. The van der Waals surface area contributed by atoms with Crippen molar-refractivity contribution in [2.45, 2.75) is 38.8 Å². The summed E-state index contributed by atoms with van der Waals surface area (Å²) >= 11 is 0. The minimum absolute atomic E-state index is 0.645. The molecule has 104 valence electrons. The van der Waals surface area contributed by atoms with Gasteiger partial charge in [-0.1, -0.05) is 17.7 Å². The van der Waals surface area contributed by atoms with Gasteiger partial charge in [-0.3, -0.25) is 0 Å². The predicted molar refractivity (Wildman–Crippen MR) is 77.8 cm³/mol. The molecule has 1 saturated carbocycles. The standard InChI is InChI=1S/C16H23NO2/c1-12(2)9-10-19-16-13(11-17-14-7-8-14)5-4-6-15(16)18-3/h4-6,14,17H,1,7-11H2,2-3H3. The van der Waals surface area contributed by atoms with Gasteiger partial charge in [0.15, 0.2) is 11.5 Å². The zero-order valence-corrected chi connectivity index (χ0v) is 11.9. The second-order valence-corrected chi connectivity index (χ2v) is 5.16. The van der Waals surface area contributed by atoms with Crippen LogP contribution in [0.5, 0.6) is 11.5 Å². The normalized spacial score (nSPS) is 14.2. The average Bonchev–Trinajstić information content (AvgIpc) is 3.20. The molecule has 0 bridgehead atoms. The molecule has 0 unspecified atom stereocenters. The van der Waals surface area contributed by atoms with E-state index < -0.39 is 0 Å². The first-order valence-electron chi connectivity index (χ1n) is 6.87. The average molecular weight is 261 g/mol. The molecule has 0 aliphatic heterocycles. The Morgan fingerprint density at radius 2 is 2.21 bits per heavy atom. The van der Waals surface area contributed by atoms with Crippen molar-refractivity contribution < 1.29 is 9.47 Å². The Hall–Kier alpha value is -1.48. The first-order chi connectivity index (χ1) is 9.20. The summed E-state index contributed by atoms with van der Waals surface area (Å²) in [7, 11) is 1.68. The van der Waals surface area contributed by atoms with Crippen LogP contribution in [-0.4, -0.2) is 19.8 Å². The zero-order chi connectivity index (χ0) is 13.7. The van der Waals surface area contributed by atoms with Crippen LogP contribution in [0.15, 0.2) is 30.4 Å². The third kappa shape index (κ3) is 4.28. The fourth-order valence-electron chi connectivity index (χ4n) is 1.89. The Bertz CT molecular complexity index is 438. The molecule has 19 heavy (non-hydrogen) atoms. The fraction of sp³-hybridized carbons (Fsp3) is 0.500. The van der Waals surface area contributed by atoms with Crippen LogP contribution in [0.1, 0.15) is 31.7 Å². The van der Waals surface area contributed by atoms with Gasteiger partial charge >= 0.3 is 0 Å².